The number of hydrogen-bond acceptors (Lipinski definition) is 7. The lowest BCUT2D eigenvalue weighted by Crippen LogP contribution is -2.12. The van der Waals surface area contributed by atoms with Gasteiger partial charge in [-0.25, -0.2) is 14.8 Å². The van der Waals surface area contributed by atoms with Crippen molar-refractivity contribution in [3.8, 4) is 11.3 Å². The Hall–Kier alpha value is -3.01. The Labute approximate surface area is 147 Å². The van der Waals surface area contributed by atoms with Gasteiger partial charge in [-0.1, -0.05) is 0 Å². The zero-order valence-corrected chi connectivity index (χ0v) is 14.2. The molecule has 1 amide bonds. The molecule has 10 heteroatoms. The van der Waals surface area contributed by atoms with Crippen LogP contribution < -0.4 is 5.32 Å². The van der Waals surface area contributed by atoms with Crippen LogP contribution in [-0.4, -0.2) is 43.7 Å². The van der Waals surface area contributed by atoms with Crippen molar-refractivity contribution in [1.82, 2.24) is 24.7 Å². The molecule has 3 heterocycles. The van der Waals surface area contributed by atoms with Crippen LogP contribution in [0.4, 0.5) is 5.13 Å². The third-order valence-corrected chi connectivity index (χ3v) is 4.15. The molecule has 0 spiro atoms. The van der Waals surface area contributed by atoms with E-state index in [1.165, 1.54) is 24.8 Å². The van der Waals surface area contributed by atoms with Crippen molar-refractivity contribution >= 4 is 28.3 Å². The fourth-order valence-electron chi connectivity index (χ4n) is 2.17. The van der Waals surface area contributed by atoms with E-state index >= 15 is 0 Å². The molecule has 0 atom stereocenters. The van der Waals surface area contributed by atoms with E-state index in [0.717, 1.165) is 5.56 Å². The van der Waals surface area contributed by atoms with E-state index in [1.54, 1.807) is 23.3 Å². The van der Waals surface area contributed by atoms with Crippen LogP contribution in [0.15, 0.2) is 30.3 Å². The van der Waals surface area contributed by atoms with Gasteiger partial charge in [0.1, 0.15) is 18.3 Å². The van der Waals surface area contributed by atoms with E-state index in [1.807, 2.05) is 5.38 Å². The SMILES string of the molecule is COC(=O)c1cc(-c2csc(NC(=O)CCCn3cncn3)n2)c[nH]1. The summed E-state index contributed by atoms with van der Waals surface area (Å²) in [7, 11) is 1.32. The summed E-state index contributed by atoms with van der Waals surface area (Å²) in [5, 5.41) is 9.09. The molecule has 130 valence electrons. The summed E-state index contributed by atoms with van der Waals surface area (Å²) in [5.74, 6) is -0.548. The van der Waals surface area contributed by atoms with E-state index in [0.29, 0.717) is 35.9 Å². The average molecular weight is 360 g/mol. The van der Waals surface area contributed by atoms with Gasteiger partial charge < -0.3 is 15.0 Å². The van der Waals surface area contributed by atoms with E-state index in [2.05, 4.69) is 30.1 Å². The standard InChI is InChI=1S/C15H16N6O3S/c1-24-14(23)11-5-10(6-17-11)12-7-25-15(19-12)20-13(22)3-2-4-21-9-16-8-18-21/h5-9,17H,2-4H2,1H3,(H,19,20,22). The lowest BCUT2D eigenvalue weighted by Gasteiger charge is -2.01. The summed E-state index contributed by atoms with van der Waals surface area (Å²) in [6.07, 6.45) is 5.78. The number of aryl methyl sites for hydroxylation is 1. The van der Waals surface area contributed by atoms with Gasteiger partial charge in [0.15, 0.2) is 5.13 Å². The van der Waals surface area contributed by atoms with Gasteiger partial charge in [0.25, 0.3) is 0 Å². The molecule has 3 rings (SSSR count). The number of anilines is 1. The Morgan fingerprint density at radius 3 is 3.08 bits per heavy atom. The number of H-pyrrole nitrogens is 1. The summed E-state index contributed by atoms with van der Waals surface area (Å²) in [6, 6.07) is 1.66. The van der Waals surface area contributed by atoms with Crippen LogP contribution in [0.2, 0.25) is 0 Å². The van der Waals surface area contributed by atoms with Crippen LogP contribution in [0.1, 0.15) is 23.3 Å². The van der Waals surface area contributed by atoms with Crippen molar-refractivity contribution < 1.29 is 14.3 Å². The largest absolute Gasteiger partial charge is 0.464 e. The second-order valence-electron chi connectivity index (χ2n) is 5.14. The van der Waals surface area contributed by atoms with Crippen LogP contribution in [0.25, 0.3) is 11.3 Å². The number of hydrogen-bond donors (Lipinski definition) is 2. The van der Waals surface area contributed by atoms with Crippen molar-refractivity contribution in [2.75, 3.05) is 12.4 Å². The smallest absolute Gasteiger partial charge is 0.354 e. The third kappa shape index (κ3) is 4.29. The first kappa shape index (κ1) is 16.8. The fraction of sp³-hybridized carbons (Fsp3) is 0.267. The minimum atomic E-state index is -0.442. The van der Waals surface area contributed by atoms with Gasteiger partial charge in [-0.15, -0.1) is 11.3 Å². The third-order valence-electron chi connectivity index (χ3n) is 3.39. The predicted octanol–water partition coefficient (Wildman–Crippen LogP) is 1.94. The molecule has 0 unspecified atom stereocenters. The van der Waals surface area contributed by atoms with Crippen LogP contribution >= 0.6 is 11.3 Å². The maximum Gasteiger partial charge on any atom is 0.354 e. The van der Waals surface area contributed by atoms with Gasteiger partial charge >= 0.3 is 5.97 Å². The molecule has 2 N–H and O–H groups in total. The molecule has 25 heavy (non-hydrogen) atoms. The Kier molecular flexibility index (Phi) is 5.19. The maximum atomic E-state index is 12.0. The first-order valence-electron chi connectivity index (χ1n) is 7.50. The number of ether oxygens (including phenoxy) is 1. The molecule has 3 aromatic heterocycles. The summed E-state index contributed by atoms with van der Waals surface area (Å²) < 4.78 is 6.33. The molecule has 0 radical (unpaired) electrons. The molecule has 3 aromatic rings. The Balaban J connectivity index is 1.53. The number of rotatable bonds is 7. The number of nitrogens with one attached hydrogen (secondary N) is 2. The zero-order chi connectivity index (χ0) is 17.6. The number of thiazole rings is 1. The van der Waals surface area contributed by atoms with Crippen LogP contribution in [0, 0.1) is 0 Å². The highest BCUT2D eigenvalue weighted by atomic mass is 32.1. The number of carbonyl (C=O) groups excluding carboxylic acids is 2. The van der Waals surface area contributed by atoms with Gasteiger partial charge in [-0.05, 0) is 12.5 Å². The predicted molar refractivity (Wildman–Crippen MR) is 91.1 cm³/mol. The Morgan fingerprint density at radius 2 is 2.32 bits per heavy atom. The molecule has 0 aliphatic rings. The van der Waals surface area contributed by atoms with E-state index in [4.69, 9.17) is 0 Å². The first-order valence-corrected chi connectivity index (χ1v) is 8.38. The first-order chi connectivity index (χ1) is 12.2. The molecule has 0 aromatic carbocycles. The van der Waals surface area contributed by atoms with Gasteiger partial charge in [0.05, 0.1) is 12.8 Å². The number of aromatic amines is 1. The van der Waals surface area contributed by atoms with Crippen LogP contribution in [-0.2, 0) is 16.1 Å². The Bertz CT molecular complexity index is 854. The van der Waals surface area contributed by atoms with Gasteiger partial charge in [0, 0.05) is 30.1 Å². The number of amides is 1. The second kappa shape index (κ2) is 7.71. The highest BCUT2D eigenvalue weighted by molar-refractivity contribution is 7.14. The number of esters is 1. The van der Waals surface area contributed by atoms with E-state index in [-0.39, 0.29) is 5.91 Å². The summed E-state index contributed by atoms with van der Waals surface area (Å²) in [6.45, 7) is 0.635. The summed E-state index contributed by atoms with van der Waals surface area (Å²) >= 11 is 1.33. The number of aromatic nitrogens is 5. The van der Waals surface area contributed by atoms with E-state index in [9.17, 15) is 9.59 Å². The summed E-state index contributed by atoms with van der Waals surface area (Å²) in [4.78, 5) is 34.5. The normalized spacial score (nSPS) is 10.6. The molecule has 0 saturated heterocycles. The molecule has 0 aliphatic carbocycles. The van der Waals surface area contributed by atoms with Crippen molar-refractivity contribution in [3.63, 3.8) is 0 Å². The highest BCUT2D eigenvalue weighted by Crippen LogP contribution is 2.25. The minimum Gasteiger partial charge on any atom is -0.464 e. The molecule has 0 fully saturated rings. The van der Waals surface area contributed by atoms with Crippen molar-refractivity contribution in [2.24, 2.45) is 0 Å². The molecule has 9 nitrogen and oxygen atoms in total. The van der Waals surface area contributed by atoms with Gasteiger partial charge in [-0.2, -0.15) is 5.10 Å². The van der Waals surface area contributed by atoms with Gasteiger partial charge in [0.2, 0.25) is 5.91 Å². The second-order valence-corrected chi connectivity index (χ2v) is 6.00. The topological polar surface area (TPSA) is 115 Å². The lowest BCUT2D eigenvalue weighted by atomic mass is 10.2. The van der Waals surface area contributed by atoms with Crippen LogP contribution in [0.3, 0.4) is 0 Å². The molecule has 0 aliphatic heterocycles. The van der Waals surface area contributed by atoms with Crippen molar-refractivity contribution in [3.05, 3.63) is 36.0 Å². The summed E-state index contributed by atoms with van der Waals surface area (Å²) in [5.41, 5.74) is 1.78. The fourth-order valence-corrected chi connectivity index (χ4v) is 2.90. The minimum absolute atomic E-state index is 0.106. The van der Waals surface area contributed by atoms with Gasteiger partial charge in [-0.3, -0.25) is 9.48 Å². The highest BCUT2D eigenvalue weighted by Gasteiger charge is 2.12. The average Bonchev–Trinajstić information content (AvgIpc) is 3.35. The monoisotopic (exact) mass is 360 g/mol. The quantitative estimate of drug-likeness (QED) is 0.622. The molecule has 0 saturated carbocycles. The zero-order valence-electron chi connectivity index (χ0n) is 13.4. The lowest BCUT2D eigenvalue weighted by molar-refractivity contribution is -0.116. The van der Waals surface area contributed by atoms with Crippen molar-refractivity contribution in [1.29, 1.82) is 0 Å². The Morgan fingerprint density at radius 1 is 1.44 bits per heavy atom. The molecular formula is C15H16N6O3S. The molecule has 0 bridgehead atoms. The number of methoxy groups -OCH3 is 1. The van der Waals surface area contributed by atoms with Crippen molar-refractivity contribution in [2.45, 2.75) is 19.4 Å². The maximum absolute atomic E-state index is 12.0. The number of carbonyl (C=O) groups is 2. The molecular weight excluding hydrogens is 344 g/mol. The van der Waals surface area contributed by atoms with Crippen LogP contribution in [0.5, 0.6) is 0 Å². The van der Waals surface area contributed by atoms with E-state index < -0.39 is 5.97 Å². The number of nitrogens with zero attached hydrogens (tertiary/aromatic N) is 4.